The summed E-state index contributed by atoms with van der Waals surface area (Å²) in [5.74, 6) is 1.97. The van der Waals surface area contributed by atoms with Crippen LogP contribution in [0.4, 0.5) is 0 Å². The van der Waals surface area contributed by atoms with Crippen molar-refractivity contribution < 1.29 is 28.4 Å². The van der Waals surface area contributed by atoms with E-state index >= 15 is 0 Å². The number of methoxy groups -OCH3 is 2. The lowest BCUT2D eigenvalue weighted by Gasteiger charge is -2.21. The van der Waals surface area contributed by atoms with Crippen LogP contribution in [0.3, 0.4) is 0 Å². The molecule has 0 amide bonds. The van der Waals surface area contributed by atoms with Crippen molar-refractivity contribution in [2.45, 2.75) is 33.2 Å². The Bertz CT molecular complexity index is 669. The molecule has 0 spiro atoms. The summed E-state index contributed by atoms with van der Waals surface area (Å²) in [7, 11) is 3.30. The van der Waals surface area contributed by atoms with Gasteiger partial charge in [0, 0.05) is 0 Å². The smallest absolute Gasteiger partial charge is 0.147 e. The van der Waals surface area contributed by atoms with Gasteiger partial charge in [0.2, 0.25) is 0 Å². The number of benzene rings is 2. The second-order valence-electron chi connectivity index (χ2n) is 6.95. The molecule has 6 nitrogen and oxygen atoms in total. The lowest BCUT2D eigenvalue weighted by Crippen LogP contribution is -2.27. The van der Waals surface area contributed by atoms with Crippen LogP contribution < -0.4 is 9.47 Å². The summed E-state index contributed by atoms with van der Waals surface area (Å²) in [4.78, 5) is 0. The lowest BCUT2D eigenvalue weighted by molar-refractivity contribution is -0.149. The number of ether oxygens (including phenoxy) is 6. The quantitative estimate of drug-likeness (QED) is 0.343. The van der Waals surface area contributed by atoms with Crippen molar-refractivity contribution in [3.05, 3.63) is 59.7 Å². The van der Waals surface area contributed by atoms with Crippen molar-refractivity contribution in [3.63, 3.8) is 0 Å². The van der Waals surface area contributed by atoms with Gasteiger partial charge in [-0.15, -0.1) is 0 Å². The van der Waals surface area contributed by atoms with Crippen LogP contribution in [0.5, 0.6) is 11.5 Å². The molecule has 29 heavy (non-hydrogen) atoms. The molecule has 0 N–H and O–H groups in total. The molecule has 0 saturated carbocycles. The standard InChI is InChI=1S/C23H32O6/c1-18(2)23(29-17-27-14-20-7-11-22(25-4)12-8-20)15-28-16-26-13-19-5-9-21(24-3)10-6-19/h5-12,18,23H,13-17H2,1-4H3/t23-/m0/s1. The first-order valence-corrected chi connectivity index (χ1v) is 9.73. The Balaban J connectivity index is 1.59. The van der Waals surface area contributed by atoms with Gasteiger partial charge in [-0.1, -0.05) is 38.1 Å². The third kappa shape index (κ3) is 8.83. The first-order chi connectivity index (χ1) is 14.1. The highest BCUT2D eigenvalue weighted by Gasteiger charge is 2.14. The Morgan fingerprint density at radius 3 is 1.59 bits per heavy atom. The van der Waals surface area contributed by atoms with Crippen LogP contribution in [0.25, 0.3) is 0 Å². The molecule has 2 rings (SSSR count). The summed E-state index contributed by atoms with van der Waals surface area (Å²) in [6.07, 6.45) is -0.0598. The average Bonchev–Trinajstić information content (AvgIpc) is 2.75. The largest absolute Gasteiger partial charge is 0.497 e. The molecule has 6 heteroatoms. The van der Waals surface area contributed by atoms with Gasteiger partial charge in [-0.05, 0) is 41.3 Å². The third-order valence-corrected chi connectivity index (χ3v) is 4.41. The van der Waals surface area contributed by atoms with Crippen molar-refractivity contribution in [1.82, 2.24) is 0 Å². The zero-order valence-corrected chi connectivity index (χ0v) is 17.8. The molecule has 2 aromatic carbocycles. The molecular formula is C23H32O6. The molecule has 0 bridgehead atoms. The second kappa shape index (κ2) is 13.2. The van der Waals surface area contributed by atoms with E-state index in [9.17, 15) is 0 Å². The molecule has 0 aliphatic carbocycles. The van der Waals surface area contributed by atoms with Gasteiger partial charge >= 0.3 is 0 Å². The topological polar surface area (TPSA) is 55.4 Å². The molecule has 0 heterocycles. The predicted octanol–water partition coefficient (Wildman–Crippen LogP) is 4.41. The van der Waals surface area contributed by atoms with Gasteiger partial charge in [0.25, 0.3) is 0 Å². The van der Waals surface area contributed by atoms with Crippen LogP contribution in [0.1, 0.15) is 25.0 Å². The van der Waals surface area contributed by atoms with E-state index in [1.54, 1.807) is 14.2 Å². The van der Waals surface area contributed by atoms with Crippen LogP contribution in [0, 0.1) is 5.92 Å². The van der Waals surface area contributed by atoms with Crippen LogP contribution in [0.15, 0.2) is 48.5 Å². The summed E-state index contributed by atoms with van der Waals surface area (Å²) in [6, 6.07) is 15.5. The fraction of sp³-hybridized carbons (Fsp3) is 0.478. The van der Waals surface area contributed by atoms with Gasteiger partial charge in [-0.3, -0.25) is 0 Å². The molecule has 0 aliphatic rings. The number of hydrogen-bond donors (Lipinski definition) is 0. The highest BCUT2D eigenvalue weighted by Crippen LogP contribution is 2.14. The third-order valence-electron chi connectivity index (χ3n) is 4.41. The molecule has 0 saturated heterocycles. The highest BCUT2D eigenvalue weighted by molar-refractivity contribution is 5.27. The minimum Gasteiger partial charge on any atom is -0.497 e. The van der Waals surface area contributed by atoms with E-state index < -0.39 is 0 Å². The molecule has 0 aromatic heterocycles. The van der Waals surface area contributed by atoms with E-state index in [4.69, 9.17) is 28.4 Å². The van der Waals surface area contributed by atoms with Crippen LogP contribution in [0.2, 0.25) is 0 Å². The summed E-state index contributed by atoms with van der Waals surface area (Å²) in [5.41, 5.74) is 2.14. The van der Waals surface area contributed by atoms with Gasteiger partial charge in [0.1, 0.15) is 25.1 Å². The van der Waals surface area contributed by atoms with E-state index in [0.29, 0.717) is 25.7 Å². The molecule has 0 unspecified atom stereocenters. The average molecular weight is 405 g/mol. The normalized spacial score (nSPS) is 12.2. The minimum absolute atomic E-state index is 0.0598. The molecule has 2 aromatic rings. The molecular weight excluding hydrogens is 372 g/mol. The SMILES string of the molecule is COc1ccc(COCOC[C@H](OCOCc2ccc(OC)cc2)C(C)C)cc1. The Hall–Kier alpha value is -2.12. The van der Waals surface area contributed by atoms with Crippen molar-refractivity contribution in [2.24, 2.45) is 5.92 Å². The van der Waals surface area contributed by atoms with E-state index in [0.717, 1.165) is 22.6 Å². The van der Waals surface area contributed by atoms with Gasteiger partial charge in [-0.2, -0.15) is 0 Å². The lowest BCUT2D eigenvalue weighted by atomic mass is 10.1. The molecule has 0 aliphatic heterocycles. The minimum atomic E-state index is -0.0598. The summed E-state index contributed by atoms with van der Waals surface area (Å²) in [5, 5.41) is 0. The van der Waals surface area contributed by atoms with E-state index in [2.05, 4.69) is 13.8 Å². The fourth-order valence-electron chi connectivity index (χ4n) is 2.55. The monoisotopic (exact) mass is 404 g/mol. The number of hydrogen-bond acceptors (Lipinski definition) is 6. The number of rotatable bonds is 14. The van der Waals surface area contributed by atoms with Gasteiger partial charge in [0.05, 0.1) is 40.1 Å². The first-order valence-electron chi connectivity index (χ1n) is 9.73. The van der Waals surface area contributed by atoms with Crippen LogP contribution >= 0.6 is 0 Å². The fourth-order valence-corrected chi connectivity index (χ4v) is 2.55. The van der Waals surface area contributed by atoms with Gasteiger partial charge < -0.3 is 28.4 Å². The Morgan fingerprint density at radius 2 is 1.14 bits per heavy atom. The Labute approximate surface area is 173 Å². The maximum atomic E-state index is 5.82. The highest BCUT2D eigenvalue weighted by atomic mass is 16.7. The predicted molar refractivity (Wildman–Crippen MR) is 111 cm³/mol. The van der Waals surface area contributed by atoms with Crippen LogP contribution in [-0.2, 0) is 32.2 Å². The van der Waals surface area contributed by atoms with Gasteiger partial charge in [-0.25, -0.2) is 0 Å². The molecule has 0 radical (unpaired) electrons. The first kappa shape index (κ1) is 23.2. The van der Waals surface area contributed by atoms with Crippen LogP contribution in [-0.4, -0.2) is 40.5 Å². The maximum absolute atomic E-state index is 5.82. The van der Waals surface area contributed by atoms with Gasteiger partial charge in [0.15, 0.2) is 0 Å². The second-order valence-corrected chi connectivity index (χ2v) is 6.95. The Morgan fingerprint density at radius 1 is 0.655 bits per heavy atom. The van der Waals surface area contributed by atoms with Crippen molar-refractivity contribution in [1.29, 1.82) is 0 Å². The van der Waals surface area contributed by atoms with E-state index in [1.807, 2.05) is 48.5 Å². The molecule has 160 valence electrons. The molecule has 0 fully saturated rings. The van der Waals surface area contributed by atoms with Crippen molar-refractivity contribution >= 4 is 0 Å². The molecule has 1 atom stereocenters. The zero-order chi connectivity index (χ0) is 20.9. The summed E-state index contributed by atoms with van der Waals surface area (Å²) < 4.78 is 32.9. The maximum Gasteiger partial charge on any atom is 0.147 e. The van der Waals surface area contributed by atoms with Crippen molar-refractivity contribution in [3.8, 4) is 11.5 Å². The summed E-state index contributed by atoms with van der Waals surface area (Å²) >= 11 is 0. The Kier molecular flexibility index (Phi) is 10.5. The van der Waals surface area contributed by atoms with Crippen molar-refractivity contribution in [2.75, 3.05) is 34.4 Å². The zero-order valence-electron chi connectivity index (χ0n) is 17.8. The van der Waals surface area contributed by atoms with E-state index in [-0.39, 0.29) is 19.7 Å². The van der Waals surface area contributed by atoms with E-state index in [1.165, 1.54) is 0 Å². The summed E-state index contributed by atoms with van der Waals surface area (Å²) in [6.45, 7) is 6.04.